The molecule has 0 amide bonds. The Kier molecular flexibility index (Phi) is 6.09. The van der Waals surface area contributed by atoms with E-state index in [-0.39, 0.29) is 66.9 Å². The second kappa shape index (κ2) is 6.73. The molecule has 0 aliphatic rings. The molecule has 0 fully saturated rings. The van der Waals surface area contributed by atoms with Crippen LogP contribution in [0.3, 0.4) is 0 Å². The minimum atomic E-state index is -4.24. The van der Waals surface area contributed by atoms with E-state index in [1.807, 2.05) is 13.0 Å². The van der Waals surface area contributed by atoms with Crippen LogP contribution in [0.5, 0.6) is 0 Å². The van der Waals surface area contributed by atoms with Crippen molar-refractivity contribution in [1.82, 2.24) is 0 Å². The van der Waals surface area contributed by atoms with E-state index in [2.05, 4.69) is 0 Å². The first-order valence-corrected chi connectivity index (χ1v) is 7.37. The Morgan fingerprint density at radius 2 is 1.89 bits per heavy atom. The van der Waals surface area contributed by atoms with Gasteiger partial charge in [-0.2, -0.15) is 8.42 Å². The van der Waals surface area contributed by atoms with Gasteiger partial charge >= 0.3 is 61.5 Å². The van der Waals surface area contributed by atoms with Crippen LogP contribution in [-0.4, -0.2) is 70.1 Å². The topological polar surface area (TPSA) is 71.4 Å². The summed E-state index contributed by atoms with van der Waals surface area (Å²) in [5, 5.41) is 1.42. The maximum atomic E-state index is 12.1. The first-order chi connectivity index (χ1) is 8.38. The average Bonchev–Trinajstić information content (AvgIpc) is 2.77. The molecular weight excluding hydrogens is 311 g/mol. The normalized spacial score (nSPS) is 10.8. The molecule has 7 heteroatoms. The van der Waals surface area contributed by atoms with Gasteiger partial charge in [-0.15, -0.1) is 11.3 Å². The van der Waals surface area contributed by atoms with Gasteiger partial charge in [0.1, 0.15) is 4.21 Å². The van der Waals surface area contributed by atoms with E-state index in [1.165, 1.54) is 11.4 Å². The van der Waals surface area contributed by atoms with Crippen LogP contribution in [0.4, 0.5) is 0 Å². The number of benzene rings is 1. The molecule has 0 spiro atoms. The van der Waals surface area contributed by atoms with Gasteiger partial charge in [0.2, 0.25) is 0 Å². The average molecular weight is 322 g/mol. The molecule has 0 aliphatic carbocycles. The molecule has 1 aromatic heterocycles. The standard InChI is InChI=1S/C12H10O4S2.K.H/c1-8-3-2-4-9(5-8)12(13)10-6-11(17-7-10)18(14,15)16;;/h2-7H,1H3,(H,14,15,16);;. The molecule has 19 heavy (non-hydrogen) atoms. The second-order valence-corrected chi connectivity index (χ2v) is 6.39. The van der Waals surface area contributed by atoms with E-state index in [4.69, 9.17) is 4.55 Å². The summed E-state index contributed by atoms with van der Waals surface area (Å²) < 4.78 is 30.5. The molecule has 2 aromatic rings. The van der Waals surface area contributed by atoms with Crippen LogP contribution >= 0.6 is 11.3 Å². The molecule has 0 radical (unpaired) electrons. The first kappa shape index (κ1) is 17.2. The molecule has 0 atom stereocenters. The Morgan fingerprint density at radius 3 is 2.42 bits per heavy atom. The number of aryl methyl sites for hydroxylation is 1. The molecule has 2 rings (SSSR count). The molecule has 96 valence electrons. The fourth-order valence-corrected chi connectivity index (χ4v) is 3.04. The molecule has 0 aliphatic heterocycles. The summed E-state index contributed by atoms with van der Waals surface area (Å²) in [6.07, 6.45) is 0. The van der Waals surface area contributed by atoms with E-state index >= 15 is 0 Å². The van der Waals surface area contributed by atoms with Gasteiger partial charge in [-0.05, 0) is 19.1 Å². The van der Waals surface area contributed by atoms with Crippen LogP contribution in [0, 0.1) is 6.92 Å². The fourth-order valence-electron chi connectivity index (χ4n) is 1.52. The molecule has 1 aromatic carbocycles. The van der Waals surface area contributed by atoms with Gasteiger partial charge in [-0.3, -0.25) is 9.35 Å². The van der Waals surface area contributed by atoms with Crippen molar-refractivity contribution in [3.8, 4) is 0 Å². The third-order valence-electron chi connectivity index (χ3n) is 2.37. The van der Waals surface area contributed by atoms with Crippen molar-refractivity contribution in [1.29, 1.82) is 0 Å². The Hall–Kier alpha value is 0.136. The number of carbonyl (C=O) groups is 1. The molecule has 0 saturated carbocycles. The van der Waals surface area contributed by atoms with E-state index in [0.717, 1.165) is 16.9 Å². The van der Waals surface area contributed by atoms with Gasteiger partial charge in [0, 0.05) is 16.5 Å². The van der Waals surface area contributed by atoms with E-state index in [1.54, 1.807) is 18.2 Å². The van der Waals surface area contributed by atoms with Crippen molar-refractivity contribution in [2.45, 2.75) is 11.1 Å². The number of rotatable bonds is 3. The van der Waals surface area contributed by atoms with Gasteiger partial charge in [0.05, 0.1) is 0 Å². The summed E-state index contributed by atoms with van der Waals surface area (Å²) in [5.74, 6) is -0.259. The SMILES string of the molecule is Cc1cccc(C(=O)c2csc(S(=O)(=O)O)c2)c1.[KH]. The Balaban J connectivity index is 0.00000180. The molecule has 1 N–H and O–H groups in total. The number of carbonyl (C=O) groups excluding carboxylic acids is 1. The quantitative estimate of drug-likeness (QED) is 0.532. The molecule has 4 nitrogen and oxygen atoms in total. The molecule has 0 saturated heterocycles. The summed E-state index contributed by atoms with van der Waals surface area (Å²) >= 11 is 0.825. The zero-order chi connectivity index (χ0) is 13.3. The van der Waals surface area contributed by atoms with Crippen LogP contribution in [0.1, 0.15) is 21.5 Å². The zero-order valence-corrected chi connectivity index (χ0v) is 11.1. The predicted molar refractivity (Wildman–Crippen MR) is 75.9 cm³/mol. The minimum absolute atomic E-state index is 0. The van der Waals surface area contributed by atoms with Gasteiger partial charge in [0.25, 0.3) is 0 Å². The Bertz CT molecular complexity index is 704. The summed E-state index contributed by atoms with van der Waals surface area (Å²) in [5.41, 5.74) is 1.71. The van der Waals surface area contributed by atoms with Crippen molar-refractivity contribution in [2.24, 2.45) is 0 Å². The number of thiophene rings is 1. The van der Waals surface area contributed by atoms with Crippen LogP contribution < -0.4 is 0 Å². The summed E-state index contributed by atoms with van der Waals surface area (Å²) in [6, 6.07) is 8.21. The third-order valence-corrected chi connectivity index (χ3v) is 4.64. The summed E-state index contributed by atoms with van der Waals surface area (Å²) in [4.78, 5) is 12.1. The van der Waals surface area contributed by atoms with Crippen LogP contribution in [0.15, 0.2) is 39.9 Å². The summed E-state index contributed by atoms with van der Waals surface area (Å²) in [7, 11) is -4.24. The number of hydrogen-bond donors (Lipinski definition) is 1. The molecule has 1 heterocycles. The van der Waals surface area contributed by atoms with Gasteiger partial charge in [-0.25, -0.2) is 0 Å². The van der Waals surface area contributed by atoms with Crippen molar-refractivity contribution in [3.05, 3.63) is 52.4 Å². The third kappa shape index (κ3) is 4.30. The van der Waals surface area contributed by atoms with E-state index in [9.17, 15) is 13.2 Å². The van der Waals surface area contributed by atoms with Gasteiger partial charge in [0.15, 0.2) is 5.78 Å². The molecule has 0 unspecified atom stereocenters. The number of hydrogen-bond acceptors (Lipinski definition) is 4. The molecule has 0 bridgehead atoms. The van der Waals surface area contributed by atoms with Crippen molar-refractivity contribution < 1.29 is 17.8 Å². The van der Waals surface area contributed by atoms with Crippen molar-refractivity contribution in [3.63, 3.8) is 0 Å². The summed E-state index contributed by atoms with van der Waals surface area (Å²) in [6.45, 7) is 1.87. The fraction of sp³-hybridized carbons (Fsp3) is 0.0833. The predicted octanol–water partition coefficient (Wildman–Crippen LogP) is 1.89. The first-order valence-electron chi connectivity index (χ1n) is 5.05. The van der Waals surface area contributed by atoms with Crippen LogP contribution in [0.25, 0.3) is 0 Å². The monoisotopic (exact) mass is 322 g/mol. The van der Waals surface area contributed by atoms with Crippen LogP contribution in [0.2, 0.25) is 0 Å². The zero-order valence-electron chi connectivity index (χ0n) is 9.45. The van der Waals surface area contributed by atoms with Gasteiger partial charge in [-0.1, -0.05) is 23.8 Å². The molecular formula is C12H11KO4S2. The van der Waals surface area contributed by atoms with E-state index in [0.29, 0.717) is 5.56 Å². The second-order valence-electron chi connectivity index (χ2n) is 3.83. The van der Waals surface area contributed by atoms with Gasteiger partial charge < -0.3 is 0 Å². The Morgan fingerprint density at radius 1 is 1.21 bits per heavy atom. The number of ketones is 1. The van der Waals surface area contributed by atoms with E-state index < -0.39 is 10.1 Å². The maximum absolute atomic E-state index is 12.1. The Labute approximate surface area is 158 Å². The van der Waals surface area contributed by atoms with Crippen molar-refractivity contribution >= 4 is 78.6 Å². The van der Waals surface area contributed by atoms with Crippen molar-refractivity contribution in [2.75, 3.05) is 0 Å². The van der Waals surface area contributed by atoms with Crippen LogP contribution in [-0.2, 0) is 10.1 Å².